The molecule has 8 aliphatic heterocycles. The van der Waals surface area contributed by atoms with Gasteiger partial charge in [-0.1, -0.05) is 110 Å². The number of piperidine rings is 4. The molecule has 24 nitrogen and oxygen atoms in total. The summed E-state index contributed by atoms with van der Waals surface area (Å²) in [6, 6.07) is -35.8. The minimum absolute atomic E-state index is 0.0424. The molecule has 120 heavy (non-hydrogen) atoms. The summed E-state index contributed by atoms with van der Waals surface area (Å²) in [5.41, 5.74) is 14.2. The molecular formula is C96H152N8O16. The van der Waals surface area contributed by atoms with Gasteiger partial charge >= 0.3 is 23.9 Å². The van der Waals surface area contributed by atoms with Crippen molar-refractivity contribution in [2.75, 3.05) is 109 Å². The molecule has 0 aromatic heterocycles. The zero-order valence-electron chi connectivity index (χ0n) is 152. The fourth-order valence-corrected chi connectivity index (χ4v) is 12.0. The number of rotatable bonds is 28. The van der Waals surface area contributed by atoms with Crippen LogP contribution in [0.5, 0.6) is 46.0 Å². The molecule has 0 spiro atoms. The number of benzene rings is 4. The van der Waals surface area contributed by atoms with Crippen molar-refractivity contribution in [3.8, 4) is 46.0 Å². The van der Waals surface area contributed by atoms with E-state index < -0.39 is 511 Å². The number of fused-ring (bicyclic) bond motifs is 12. The third-order valence-corrected chi connectivity index (χ3v) is 17.4. The van der Waals surface area contributed by atoms with Crippen molar-refractivity contribution in [3.63, 3.8) is 0 Å². The molecule has 8 aliphatic rings. The predicted molar refractivity (Wildman–Crippen MR) is 471 cm³/mol. The number of carbonyl (C=O) groups is 4. The minimum Gasteiger partial charge on any atom is -0.493 e. The second-order valence-electron chi connectivity index (χ2n) is 28.1. The Bertz CT molecular complexity index is 7470. The molecule has 8 heterocycles. The van der Waals surface area contributed by atoms with Crippen molar-refractivity contribution >= 4 is 23.9 Å². The Morgan fingerprint density at radius 2 is 0.550 bits per heavy atom. The quantitative estimate of drug-likeness (QED) is 0.0303. The van der Waals surface area contributed by atoms with E-state index in [4.69, 9.17) is 169 Å². The second-order valence-corrected chi connectivity index (χ2v) is 28.1. The number of esters is 4. The summed E-state index contributed by atoms with van der Waals surface area (Å²) in [6.45, 7) is -50.3. The molecular weight excluding hydrogens is 1520 g/mol. The van der Waals surface area contributed by atoms with E-state index in [1.54, 1.807) is 0 Å². The van der Waals surface area contributed by atoms with E-state index in [0.29, 0.717) is 0 Å². The smallest absolute Gasteiger partial charge is 0.323 e. The van der Waals surface area contributed by atoms with Crippen LogP contribution in [0.15, 0.2) is 48.3 Å². The number of nitrogens with two attached hydrogens (primary N) is 4. The first kappa shape index (κ1) is 33.3. The Morgan fingerprint density at radius 1 is 0.358 bits per heavy atom. The highest BCUT2D eigenvalue weighted by molar-refractivity contribution is 5.77. The van der Waals surface area contributed by atoms with E-state index in [0.717, 1.165) is 35.5 Å². The number of carbonyl (C=O) groups excluding carboxylic acids is 4. The van der Waals surface area contributed by atoms with E-state index in [1.165, 1.54) is 55.4 Å². The highest BCUT2D eigenvalue weighted by Crippen LogP contribution is 2.50. The van der Waals surface area contributed by atoms with E-state index in [9.17, 15) is 46.6 Å². The lowest BCUT2D eigenvalue weighted by atomic mass is 9.79. The maximum absolute atomic E-state index is 13.7. The van der Waals surface area contributed by atoms with Gasteiger partial charge in [0, 0.05) is 213 Å². The Kier molecular flexibility index (Phi) is 12.2. The number of methoxy groups -OCH3 is 8. The maximum Gasteiger partial charge on any atom is 0.323 e. The molecule has 4 fully saturated rings. The van der Waals surface area contributed by atoms with Crippen LogP contribution in [-0.2, 0) is 63.6 Å². The van der Waals surface area contributed by atoms with E-state index in [1.807, 2.05) is 0 Å². The van der Waals surface area contributed by atoms with Crippen molar-refractivity contribution in [3.05, 3.63) is 92.8 Å². The van der Waals surface area contributed by atoms with Crippen LogP contribution in [0.4, 0.5) is 0 Å². The van der Waals surface area contributed by atoms with Gasteiger partial charge in [0.2, 0.25) is 0 Å². The Labute approximate surface area is 838 Å². The molecule has 0 saturated carbocycles. The lowest BCUT2D eigenvalue weighted by molar-refractivity contribution is -0.161. The second kappa shape index (κ2) is 43.9. The van der Waals surface area contributed by atoms with Crippen molar-refractivity contribution in [1.82, 2.24) is 19.6 Å². The molecule has 12 rings (SSSR count). The largest absolute Gasteiger partial charge is 0.493 e. The number of hydrogen-bond acceptors (Lipinski definition) is 24. The summed E-state index contributed by atoms with van der Waals surface area (Å²) in [6.07, 6.45) is -43.5. The van der Waals surface area contributed by atoms with Gasteiger partial charge in [-0.3, -0.25) is 38.8 Å². The minimum atomic E-state index is -4.18. The first-order valence-electron chi connectivity index (χ1n) is 78.6. The fraction of sp³-hybridized carbons (Fsp3) is 0.708. The Hall–Kier alpha value is -7.16. The van der Waals surface area contributed by atoms with Crippen molar-refractivity contribution < 1.29 is 193 Å². The molecule has 12 unspecified atom stereocenters. The molecule has 4 aromatic rings. The summed E-state index contributed by atoms with van der Waals surface area (Å²) in [7, 11) is -5.37. The average Bonchev–Trinajstić information content (AvgIpc) is 0.661. The van der Waals surface area contributed by atoms with Crippen molar-refractivity contribution in [2.24, 2.45) is 93.8 Å². The zero-order valence-corrected chi connectivity index (χ0v) is 66.9. The Balaban J connectivity index is 0.000000295. The lowest BCUT2D eigenvalue weighted by Gasteiger charge is -2.47. The molecule has 8 N–H and O–H groups in total. The van der Waals surface area contributed by atoms with E-state index in [-0.39, 0.29) is 19.6 Å². The van der Waals surface area contributed by atoms with Gasteiger partial charge in [-0.2, -0.15) is 0 Å². The van der Waals surface area contributed by atoms with Gasteiger partial charge in [-0.05, 0) is 191 Å². The topological polar surface area (TPSA) is 296 Å². The van der Waals surface area contributed by atoms with Gasteiger partial charge in [-0.25, -0.2) is 0 Å². The van der Waals surface area contributed by atoms with Gasteiger partial charge in [0.1, 0.15) is 48.5 Å². The van der Waals surface area contributed by atoms with Crippen LogP contribution < -0.4 is 60.8 Å². The van der Waals surface area contributed by atoms with Gasteiger partial charge in [0.15, 0.2) is 46.0 Å². The molecule has 0 bridgehead atoms. The molecule has 672 valence electrons. The van der Waals surface area contributed by atoms with Crippen LogP contribution in [0.3, 0.4) is 0 Å². The normalized spacial score (nSPS) is 47.0. The average molecular weight is 1760 g/mol. The summed E-state index contributed by atoms with van der Waals surface area (Å²) in [4.78, 5) is 54.9. The van der Waals surface area contributed by atoms with Gasteiger partial charge in [0.25, 0.3) is 0 Å². The number of nitrogens with zero attached hydrogens (tertiary/aromatic N) is 4. The first-order valence-corrected chi connectivity index (χ1v) is 36.1. The third kappa shape index (κ3) is 23.8. The summed E-state index contributed by atoms with van der Waals surface area (Å²) >= 11 is 0. The van der Waals surface area contributed by atoms with E-state index >= 15 is 0 Å². The van der Waals surface area contributed by atoms with Crippen LogP contribution in [0.25, 0.3) is 0 Å². The Morgan fingerprint density at radius 3 is 0.725 bits per heavy atom. The van der Waals surface area contributed by atoms with Crippen LogP contribution >= 0.6 is 0 Å². The maximum atomic E-state index is 13.7. The molecule has 24 heteroatoms. The van der Waals surface area contributed by atoms with Gasteiger partial charge < -0.3 is 79.8 Å². The number of ether oxygens (including phenoxy) is 12. The summed E-state index contributed by atoms with van der Waals surface area (Å²) in [5.74, 6) is -49.5. The van der Waals surface area contributed by atoms with Crippen molar-refractivity contribution in [2.45, 2.75) is 260 Å². The highest BCUT2D eigenvalue weighted by atomic mass is 16.6. The summed E-state index contributed by atoms with van der Waals surface area (Å²) < 4.78 is 778. The summed E-state index contributed by atoms with van der Waals surface area (Å²) in [5, 5.41) is 0. The molecule has 16 atom stereocenters. The molecule has 4 aromatic carbocycles. The zero-order chi connectivity index (χ0) is 162. The molecule has 0 aliphatic carbocycles. The standard InChI is InChI=1S/4C24H38N2O4/c4*1-14(2)9-17-13-26-8-7-16-10-21(28-5)22(29-6)11-18(16)19(26)12-20(17)30-24(27)23(25)15(3)4/h4*10-11,14-15,17,19-20,23H,7-9,12-13,25H2,1-6H3/t4*17?,19?,20?,23-/m0000/s1/i3*3D3,4D3,5D3,7D2,8D2,10D,11D,12D2,13D2,15D,17D,23D;3D3,4D3,7D2,8D2,10D,11D,12D2,13D2,15D,17D,23D. The van der Waals surface area contributed by atoms with Crippen molar-refractivity contribution in [1.29, 1.82) is 0 Å². The van der Waals surface area contributed by atoms with Gasteiger partial charge in [0.05, 0.1) is 85.4 Å². The van der Waals surface area contributed by atoms with Crippen LogP contribution in [0.1, 0.15) is 347 Å². The van der Waals surface area contributed by atoms with E-state index in [2.05, 4.69) is 0 Å². The highest BCUT2D eigenvalue weighted by Gasteiger charge is 2.47. The van der Waals surface area contributed by atoms with Crippen LogP contribution in [0, 0.1) is 70.8 Å². The lowest BCUT2D eigenvalue weighted by Crippen LogP contribution is -2.51. The predicted octanol–water partition coefficient (Wildman–Crippen LogP) is 14.3. The van der Waals surface area contributed by atoms with Crippen LogP contribution in [0.2, 0.25) is 0 Å². The van der Waals surface area contributed by atoms with Crippen LogP contribution in [-0.4, -0.2) is 201 Å². The first-order chi connectivity index (χ1) is 90.0. The molecule has 0 radical (unpaired) electrons. The van der Waals surface area contributed by atoms with Gasteiger partial charge in [-0.15, -0.1) is 0 Å². The monoisotopic (exact) mass is 1760 g/mol. The fourth-order valence-electron chi connectivity index (χ4n) is 12.0. The SMILES string of the molecule is [2H]c1c(OC)c(OC([2H])([2H])[2H])c([2H])c2c1C1N(C([2H])([2H])C2([2H])[2H])C([2H])([2H])C([2H])(CC(C)C)C(OC(=O)[C@@]([2H])(N)C([2H])(C([2H])([2H])[2H])C([2H])([2H])[2H])C1([2H])[2H].[2H]c1c(OC)c(OC([2H])([2H])[2H])c([2H])c2c1C1N(C([2H])([2H])C2([2H])[2H])C([2H])([2H])C([2H])(CC(C)C)C(OC(=O)[C@@]([2H])(N)C([2H])(C([2H])([2H])[2H])C([2H])([2H])[2H])C1([2H])[2H].[2H]c1c(OC)c(OC([2H])([2H])[2H])c([2H])c2c1C1N(C([2H])([2H])C2([2H])[2H])C([2H])([2H])C([2H])(CC(C)C)C(OC(=O)[C@@]([2H])(N)C([2H])(C([2H])([2H])[2H])C([2H])([2H])[2H])C1([2H])[2H].[2H]c1c(OC)c(OC)c([2H])c2c1C1N(C([2H])([2H])C2([2H])[2H])C([2H])([2H])C([2H])(CC(C)C)C(OC(=O)[C@@]([2H])(N)C([2H])(C([2H])([2H])[2H])C([2H])([2H])[2H])C1([2H])[2H]. The third-order valence-electron chi connectivity index (χ3n) is 17.4. The number of hydrogen-bond donors (Lipinski definition) is 4. The molecule has 4 saturated heterocycles. The molecule has 0 amide bonds.